The Bertz CT molecular complexity index is 1870. The predicted octanol–water partition coefficient (Wildman–Crippen LogP) is 5.56. The summed E-state index contributed by atoms with van der Waals surface area (Å²) in [7, 11) is 3.08. The first-order valence-electron chi connectivity index (χ1n) is 14.6. The number of hydrogen-bond acceptors (Lipinski definition) is 8. The van der Waals surface area contributed by atoms with Gasteiger partial charge < -0.3 is 14.8 Å². The molecule has 0 saturated carbocycles. The number of aryl methyl sites for hydroxylation is 2. The van der Waals surface area contributed by atoms with Crippen LogP contribution >= 0.6 is 23.2 Å². The molecule has 10 nitrogen and oxygen atoms in total. The van der Waals surface area contributed by atoms with E-state index in [9.17, 15) is 14.4 Å². The minimum absolute atomic E-state index is 0.0548. The average molecular weight is 649 g/mol. The maximum Gasteiger partial charge on any atom is 0.311 e. The van der Waals surface area contributed by atoms with Gasteiger partial charge in [-0.1, -0.05) is 53.5 Å². The first-order chi connectivity index (χ1) is 21.7. The summed E-state index contributed by atoms with van der Waals surface area (Å²) in [6, 6.07) is 14.4. The van der Waals surface area contributed by atoms with Crippen molar-refractivity contribution in [1.82, 2.24) is 19.7 Å². The number of aromatic nitrogens is 3. The van der Waals surface area contributed by atoms with Gasteiger partial charge in [0.15, 0.2) is 0 Å². The van der Waals surface area contributed by atoms with Gasteiger partial charge in [0.2, 0.25) is 5.88 Å². The minimum atomic E-state index is -0.598. The molecule has 1 fully saturated rings. The second kappa shape index (κ2) is 12.6. The summed E-state index contributed by atoms with van der Waals surface area (Å²) in [6.45, 7) is 3.51. The fourth-order valence-corrected chi connectivity index (χ4v) is 6.66. The van der Waals surface area contributed by atoms with Gasteiger partial charge in [-0.2, -0.15) is 5.10 Å². The summed E-state index contributed by atoms with van der Waals surface area (Å²) in [6.07, 6.45) is 3.13. The molecule has 45 heavy (non-hydrogen) atoms. The number of likely N-dealkylation sites (tertiary alicyclic amines) is 1. The third-order valence-corrected chi connectivity index (χ3v) is 9.17. The van der Waals surface area contributed by atoms with Crippen molar-refractivity contribution in [3.8, 4) is 28.3 Å². The number of methoxy groups -OCH3 is 1. The van der Waals surface area contributed by atoms with Crippen LogP contribution < -0.4 is 15.6 Å². The molecule has 12 heteroatoms. The van der Waals surface area contributed by atoms with Gasteiger partial charge in [0.25, 0.3) is 11.5 Å². The maximum atomic E-state index is 12.9. The lowest BCUT2D eigenvalue weighted by molar-refractivity contribution is -0.155. The second-order valence-corrected chi connectivity index (χ2v) is 11.8. The van der Waals surface area contributed by atoms with Crippen molar-refractivity contribution >= 4 is 40.8 Å². The van der Waals surface area contributed by atoms with Gasteiger partial charge in [-0.15, -0.1) is 0 Å². The Labute approximate surface area is 269 Å². The van der Waals surface area contributed by atoms with E-state index in [2.05, 4.69) is 21.4 Å². The van der Waals surface area contributed by atoms with E-state index in [0.29, 0.717) is 58.7 Å². The van der Waals surface area contributed by atoms with Crippen molar-refractivity contribution in [2.45, 2.75) is 25.8 Å². The van der Waals surface area contributed by atoms with Gasteiger partial charge in [0.1, 0.15) is 5.56 Å². The highest BCUT2D eigenvalue weighted by atomic mass is 35.5. The number of esters is 1. The second-order valence-electron chi connectivity index (χ2n) is 11.0. The van der Waals surface area contributed by atoms with E-state index in [1.54, 1.807) is 19.2 Å². The van der Waals surface area contributed by atoms with Crippen LogP contribution in [0.25, 0.3) is 22.4 Å². The Hall–Kier alpha value is -4.25. The zero-order valence-corrected chi connectivity index (χ0v) is 26.5. The number of pyridine rings is 1. The van der Waals surface area contributed by atoms with Gasteiger partial charge in [0.05, 0.1) is 41.1 Å². The molecular weight excluding hydrogens is 617 g/mol. The lowest BCUT2D eigenvalue weighted by Gasteiger charge is -2.42. The number of halogens is 2. The third-order valence-electron chi connectivity index (χ3n) is 8.36. The first kappa shape index (κ1) is 30.8. The van der Waals surface area contributed by atoms with Gasteiger partial charge in [-0.3, -0.25) is 19.3 Å². The molecule has 1 aliphatic heterocycles. The number of rotatable bonds is 8. The standard InChI is InChI=1S/C33H31Cl2N5O5/c1-4-45-33(43)19-16-40(17-19)26-12-11-18-15-25(38-31(44-3)27(18)26)22-9-5-7-20(28(22)34)21-8-6-10-24(29(21)35)37-30(41)23-13-14-36-39(2)32(23)42/h5-10,13-15,19,26H,4,11-12,16-17H2,1-3H3,(H,37,41)/t26-/m0/s1. The van der Waals surface area contributed by atoms with Crippen LogP contribution in [0.1, 0.15) is 40.9 Å². The molecule has 2 aromatic heterocycles. The molecule has 1 aliphatic carbocycles. The molecular formula is C33H31Cl2N5O5. The normalized spacial score (nSPS) is 16.2. The minimum Gasteiger partial charge on any atom is -0.481 e. The van der Waals surface area contributed by atoms with E-state index < -0.39 is 11.5 Å². The largest absolute Gasteiger partial charge is 0.481 e. The van der Waals surface area contributed by atoms with Gasteiger partial charge in [0, 0.05) is 54.6 Å². The Morgan fingerprint density at radius 3 is 2.49 bits per heavy atom. The Morgan fingerprint density at radius 2 is 1.76 bits per heavy atom. The summed E-state index contributed by atoms with van der Waals surface area (Å²) in [5.41, 5.74) is 4.56. The monoisotopic (exact) mass is 647 g/mol. The molecule has 1 atom stereocenters. The van der Waals surface area contributed by atoms with Gasteiger partial charge >= 0.3 is 5.97 Å². The molecule has 232 valence electrons. The Balaban J connectivity index is 1.29. The molecule has 0 radical (unpaired) electrons. The smallest absolute Gasteiger partial charge is 0.311 e. The quantitative estimate of drug-likeness (QED) is 0.247. The summed E-state index contributed by atoms with van der Waals surface area (Å²) < 4.78 is 12.1. The van der Waals surface area contributed by atoms with Gasteiger partial charge in [-0.25, -0.2) is 9.67 Å². The molecule has 1 saturated heterocycles. The highest BCUT2D eigenvalue weighted by Gasteiger charge is 2.42. The van der Waals surface area contributed by atoms with E-state index in [-0.39, 0.29) is 28.5 Å². The predicted molar refractivity (Wildman–Crippen MR) is 172 cm³/mol. The average Bonchev–Trinajstić information content (AvgIpc) is 3.42. The number of benzene rings is 2. The van der Waals surface area contributed by atoms with Crippen LogP contribution in [-0.4, -0.2) is 58.3 Å². The number of carbonyl (C=O) groups excluding carboxylic acids is 2. The number of ether oxygens (including phenoxy) is 2. The summed E-state index contributed by atoms with van der Waals surface area (Å²) in [4.78, 5) is 44.6. The first-order valence-corrected chi connectivity index (χ1v) is 15.4. The zero-order chi connectivity index (χ0) is 31.8. The van der Waals surface area contributed by atoms with Crippen LogP contribution in [0.2, 0.25) is 10.0 Å². The van der Waals surface area contributed by atoms with Crippen molar-refractivity contribution in [1.29, 1.82) is 0 Å². The summed E-state index contributed by atoms with van der Waals surface area (Å²) in [5, 5.41) is 7.31. The number of hydrogen-bond donors (Lipinski definition) is 1. The van der Waals surface area contributed by atoms with Crippen molar-refractivity contribution in [2.24, 2.45) is 13.0 Å². The molecule has 2 aliphatic rings. The van der Waals surface area contributed by atoms with E-state index in [1.807, 2.05) is 31.2 Å². The molecule has 0 spiro atoms. The van der Waals surface area contributed by atoms with Crippen LogP contribution in [0.15, 0.2) is 59.5 Å². The molecule has 2 aromatic carbocycles. The summed E-state index contributed by atoms with van der Waals surface area (Å²) in [5.74, 6) is -0.305. The van der Waals surface area contributed by atoms with Crippen LogP contribution in [0.5, 0.6) is 5.88 Å². The van der Waals surface area contributed by atoms with Crippen molar-refractivity contribution in [2.75, 3.05) is 32.1 Å². The molecule has 6 rings (SSSR count). The number of fused-ring (bicyclic) bond motifs is 1. The Kier molecular flexibility index (Phi) is 8.63. The van der Waals surface area contributed by atoms with Crippen molar-refractivity contribution in [3.63, 3.8) is 0 Å². The molecule has 4 aromatic rings. The SMILES string of the molecule is CCOC(=O)C1CN([C@H]2CCc3cc(-c4cccc(-c5cccc(NC(=O)c6ccnn(C)c6=O)c5Cl)c4Cl)nc(OC)c32)C1. The van der Waals surface area contributed by atoms with E-state index in [1.165, 1.54) is 19.3 Å². The topological polar surface area (TPSA) is 116 Å². The van der Waals surface area contributed by atoms with E-state index >= 15 is 0 Å². The number of anilines is 1. The Morgan fingerprint density at radius 1 is 1.04 bits per heavy atom. The summed E-state index contributed by atoms with van der Waals surface area (Å²) >= 11 is 13.9. The highest BCUT2D eigenvalue weighted by Crippen LogP contribution is 2.46. The van der Waals surface area contributed by atoms with Crippen LogP contribution in [0.3, 0.4) is 0 Å². The van der Waals surface area contributed by atoms with Crippen molar-refractivity contribution in [3.05, 3.63) is 91.8 Å². The lowest BCUT2D eigenvalue weighted by Crippen LogP contribution is -2.51. The number of nitrogens with zero attached hydrogens (tertiary/aromatic N) is 4. The molecule has 1 amide bonds. The molecule has 1 N–H and O–H groups in total. The third kappa shape index (κ3) is 5.69. The highest BCUT2D eigenvalue weighted by molar-refractivity contribution is 6.39. The van der Waals surface area contributed by atoms with Crippen LogP contribution in [0.4, 0.5) is 5.69 Å². The van der Waals surface area contributed by atoms with Crippen molar-refractivity contribution < 1.29 is 19.1 Å². The molecule has 0 bridgehead atoms. The molecule has 0 unspecified atom stereocenters. The maximum absolute atomic E-state index is 12.9. The van der Waals surface area contributed by atoms with Crippen LogP contribution in [0, 0.1) is 5.92 Å². The number of carbonyl (C=O) groups is 2. The number of nitrogens with one attached hydrogen (secondary N) is 1. The van der Waals surface area contributed by atoms with E-state index in [4.69, 9.17) is 37.7 Å². The zero-order valence-electron chi connectivity index (χ0n) is 25.0. The number of amides is 1. The fraction of sp³-hybridized carbons (Fsp3) is 0.303. The van der Waals surface area contributed by atoms with Crippen LogP contribution in [-0.2, 0) is 23.0 Å². The lowest BCUT2D eigenvalue weighted by atomic mass is 9.95. The molecule has 3 heterocycles. The van der Waals surface area contributed by atoms with E-state index in [0.717, 1.165) is 28.7 Å². The fourth-order valence-electron chi connectivity index (χ4n) is 6.06. The van der Waals surface area contributed by atoms with Gasteiger partial charge in [-0.05, 0) is 43.5 Å².